The predicted octanol–water partition coefficient (Wildman–Crippen LogP) is 15.9. The molecule has 0 N–H and O–H groups in total. The molecule has 340 valence electrons. The molecule has 0 bridgehead atoms. The van der Waals surface area contributed by atoms with Gasteiger partial charge in [-0.15, -0.1) is 0 Å². The first kappa shape index (κ1) is 40.9. The number of para-hydroxylation sites is 8. The van der Waals surface area contributed by atoms with E-state index in [9.17, 15) is 0 Å². The first-order chi connectivity index (χ1) is 34.9. The standard InChI is InChI=1S/C63H43N3O4S/c1-71(43-19-5-2-6-20-43,44-21-7-3-8-22-44,45-23-9-4-10-24-45)46-39-49-61-50(40-46)63(68)48-38-42(65-55-27-13-17-31-59(55)70-60-32-18-14-28-56(60)65)34-36-52(48)66(61)51-35-33-41(37-47(51)62(49)67)64-53-25-11-15-29-57(53)69-58-30-16-12-26-54(58)64/h2-40,71H,1H3. The van der Waals surface area contributed by atoms with E-state index in [4.69, 9.17) is 9.47 Å². The number of nitrogens with zero attached hydrogens (tertiary/aromatic N) is 3. The number of rotatable bonds is 6. The van der Waals surface area contributed by atoms with E-state index in [0.29, 0.717) is 38.1 Å². The van der Waals surface area contributed by atoms with Gasteiger partial charge < -0.3 is 23.7 Å². The number of hydrogen-bond acceptors (Lipinski definition) is 6. The lowest BCUT2D eigenvalue weighted by molar-refractivity contribution is 0.477. The number of aromatic nitrogens is 1. The number of fused-ring (bicyclic) bond motifs is 8. The highest BCUT2D eigenvalue weighted by molar-refractivity contribution is 8.49. The molecular weight excluding hydrogens is 895 g/mol. The Morgan fingerprint density at radius 3 is 1.01 bits per heavy atom. The van der Waals surface area contributed by atoms with Crippen LogP contribution in [0.2, 0.25) is 0 Å². The lowest BCUT2D eigenvalue weighted by atomic mass is 10.0. The molecule has 0 radical (unpaired) electrons. The molecule has 2 aromatic heterocycles. The second-order valence-electron chi connectivity index (χ2n) is 18.6. The molecule has 0 amide bonds. The maximum absolute atomic E-state index is 16.0. The molecule has 0 saturated carbocycles. The van der Waals surface area contributed by atoms with Gasteiger partial charge in [-0.05, 0) is 123 Å². The SMILES string of the molecule is C[SH](c1ccccc1)(c1ccccc1)(c1ccccc1)c1cc2c(=O)c3cc(N4c5ccccc5Oc5ccccc54)ccc3n3c4ccc(N5c6ccccc6Oc6ccccc65)cc4c(=O)c(c1)c23. The third-order valence-corrected chi connectivity index (χ3v) is 21.3. The minimum absolute atomic E-state index is 0.153. The minimum atomic E-state index is -3.80. The molecule has 7 nitrogen and oxygen atoms in total. The van der Waals surface area contributed by atoms with Crippen molar-refractivity contribution < 1.29 is 9.47 Å². The summed E-state index contributed by atoms with van der Waals surface area (Å²) >= 11 is 0. The predicted molar refractivity (Wildman–Crippen MR) is 290 cm³/mol. The van der Waals surface area contributed by atoms with Gasteiger partial charge in [-0.1, -0.05) is 140 Å². The highest BCUT2D eigenvalue weighted by Crippen LogP contribution is 2.87. The fourth-order valence-electron chi connectivity index (χ4n) is 11.5. The lowest BCUT2D eigenvalue weighted by Crippen LogP contribution is -2.22. The minimum Gasteiger partial charge on any atom is -0.453 e. The van der Waals surface area contributed by atoms with Gasteiger partial charge in [-0.2, -0.15) is 0 Å². The first-order valence-corrected chi connectivity index (χ1v) is 26.4. The summed E-state index contributed by atoms with van der Waals surface area (Å²) in [5, 5.41) is 2.00. The van der Waals surface area contributed by atoms with E-state index in [1.807, 2.05) is 140 Å². The van der Waals surface area contributed by atoms with Crippen LogP contribution in [0, 0.1) is 0 Å². The molecule has 10 aromatic carbocycles. The molecule has 2 aliphatic heterocycles. The molecule has 4 heterocycles. The summed E-state index contributed by atoms with van der Waals surface area (Å²) < 4.78 is 15.0. The van der Waals surface area contributed by atoms with Crippen molar-refractivity contribution in [1.29, 1.82) is 0 Å². The first-order valence-electron chi connectivity index (χ1n) is 23.8. The van der Waals surface area contributed by atoms with Crippen LogP contribution >= 0.6 is 9.16 Å². The van der Waals surface area contributed by atoms with Crippen LogP contribution < -0.4 is 30.1 Å². The van der Waals surface area contributed by atoms with E-state index in [0.717, 1.165) is 76.7 Å². The summed E-state index contributed by atoms with van der Waals surface area (Å²) in [6.07, 6.45) is 2.37. The Kier molecular flexibility index (Phi) is 8.76. The van der Waals surface area contributed by atoms with Crippen molar-refractivity contribution in [2.24, 2.45) is 0 Å². The Labute approximate surface area is 408 Å². The largest absolute Gasteiger partial charge is 0.453 e. The normalized spacial score (nSPS) is 13.5. The number of thiol groups is 1. The maximum Gasteiger partial charge on any atom is 0.197 e. The van der Waals surface area contributed by atoms with Gasteiger partial charge in [-0.3, -0.25) is 9.59 Å². The van der Waals surface area contributed by atoms with Crippen LogP contribution in [0.5, 0.6) is 23.0 Å². The van der Waals surface area contributed by atoms with Crippen LogP contribution in [-0.2, 0) is 0 Å². The van der Waals surface area contributed by atoms with Crippen LogP contribution in [0.3, 0.4) is 0 Å². The van der Waals surface area contributed by atoms with Gasteiger partial charge in [0.1, 0.15) is 0 Å². The summed E-state index contributed by atoms with van der Waals surface area (Å²) in [6.45, 7) is 0. The Hall–Kier alpha value is -9.11. The molecule has 0 spiro atoms. The van der Waals surface area contributed by atoms with Gasteiger partial charge in [0.25, 0.3) is 0 Å². The van der Waals surface area contributed by atoms with E-state index in [1.165, 1.54) is 0 Å². The molecule has 0 aliphatic carbocycles. The molecule has 8 heteroatoms. The van der Waals surface area contributed by atoms with E-state index in [2.05, 4.69) is 118 Å². The Morgan fingerprint density at radius 2 is 0.662 bits per heavy atom. The summed E-state index contributed by atoms with van der Waals surface area (Å²) in [5.74, 6) is 2.88. The van der Waals surface area contributed by atoms with Crippen molar-refractivity contribution in [3.63, 3.8) is 0 Å². The molecule has 0 atom stereocenters. The van der Waals surface area contributed by atoms with E-state index >= 15 is 9.59 Å². The van der Waals surface area contributed by atoms with Crippen molar-refractivity contribution in [2.45, 2.75) is 19.6 Å². The van der Waals surface area contributed by atoms with Gasteiger partial charge >= 0.3 is 0 Å². The van der Waals surface area contributed by atoms with E-state index < -0.39 is 9.16 Å². The zero-order valence-electron chi connectivity index (χ0n) is 38.4. The number of benzene rings is 10. The highest BCUT2D eigenvalue weighted by atomic mass is 32.3. The third kappa shape index (κ3) is 5.68. The van der Waals surface area contributed by atoms with Crippen LogP contribution in [0.25, 0.3) is 38.1 Å². The van der Waals surface area contributed by atoms with Crippen LogP contribution in [0.4, 0.5) is 34.1 Å². The van der Waals surface area contributed by atoms with E-state index in [1.54, 1.807) is 0 Å². The van der Waals surface area contributed by atoms with Crippen molar-refractivity contribution in [1.82, 2.24) is 4.40 Å². The summed E-state index contributed by atoms with van der Waals surface area (Å²) in [4.78, 5) is 40.6. The third-order valence-electron chi connectivity index (χ3n) is 15.0. The topological polar surface area (TPSA) is 63.5 Å². The molecule has 14 rings (SSSR count). The van der Waals surface area contributed by atoms with Crippen molar-refractivity contribution in [3.05, 3.63) is 257 Å². The second kappa shape index (κ2) is 15.2. The highest BCUT2D eigenvalue weighted by Gasteiger charge is 2.45. The fraction of sp³-hybridized carbons (Fsp3) is 0.0159. The molecular formula is C63H43N3O4S. The second-order valence-corrected chi connectivity index (χ2v) is 23.8. The molecule has 2 aliphatic rings. The zero-order chi connectivity index (χ0) is 47.4. The van der Waals surface area contributed by atoms with Crippen molar-refractivity contribution in [2.75, 3.05) is 16.1 Å². The monoisotopic (exact) mass is 937 g/mol. The van der Waals surface area contributed by atoms with Crippen LogP contribution in [0.15, 0.2) is 266 Å². The number of anilines is 6. The number of hydrogen-bond donors (Lipinski definition) is 1. The van der Waals surface area contributed by atoms with Gasteiger partial charge in [0, 0.05) is 32.9 Å². The Bertz CT molecular complexity index is 3880. The van der Waals surface area contributed by atoms with Crippen LogP contribution in [0.1, 0.15) is 0 Å². The average molecular weight is 938 g/mol. The number of ether oxygens (including phenoxy) is 2. The molecule has 12 aromatic rings. The average Bonchev–Trinajstić information content (AvgIpc) is 3.44. The fourth-order valence-corrected chi connectivity index (χ4v) is 17.0. The van der Waals surface area contributed by atoms with Crippen molar-refractivity contribution in [3.8, 4) is 23.0 Å². The van der Waals surface area contributed by atoms with Crippen molar-refractivity contribution >= 4 is 81.4 Å². The van der Waals surface area contributed by atoms with Gasteiger partial charge in [0.2, 0.25) is 0 Å². The van der Waals surface area contributed by atoms with Gasteiger partial charge in [0.15, 0.2) is 33.9 Å². The Balaban J connectivity index is 1.14. The lowest BCUT2D eigenvalue weighted by Gasteiger charge is -2.60. The quantitative estimate of drug-likeness (QED) is 0.102. The Morgan fingerprint density at radius 1 is 0.338 bits per heavy atom. The van der Waals surface area contributed by atoms with Crippen LogP contribution in [-0.4, -0.2) is 10.7 Å². The van der Waals surface area contributed by atoms with E-state index in [-0.39, 0.29) is 10.9 Å². The summed E-state index contributed by atoms with van der Waals surface area (Å²) in [5.41, 5.74) is 6.75. The molecule has 0 saturated heterocycles. The van der Waals surface area contributed by atoms with Gasteiger partial charge in [0.05, 0.1) is 39.3 Å². The molecule has 71 heavy (non-hydrogen) atoms. The zero-order valence-corrected chi connectivity index (χ0v) is 39.3. The summed E-state index contributed by atoms with van der Waals surface area (Å²) in [6, 6.07) is 80.2. The molecule has 0 fully saturated rings. The summed E-state index contributed by atoms with van der Waals surface area (Å²) in [7, 11) is -3.80. The smallest absolute Gasteiger partial charge is 0.197 e. The number of pyridine rings is 2. The van der Waals surface area contributed by atoms with Gasteiger partial charge in [-0.25, -0.2) is 9.16 Å². The maximum atomic E-state index is 16.0. The molecule has 0 unspecified atom stereocenters.